The van der Waals surface area contributed by atoms with E-state index in [9.17, 15) is 14.7 Å². The van der Waals surface area contributed by atoms with E-state index in [1.807, 2.05) is 24.1 Å². The van der Waals surface area contributed by atoms with E-state index in [0.29, 0.717) is 37.0 Å². The number of para-hydroxylation sites is 1. The Kier molecular flexibility index (Phi) is 9.33. The van der Waals surface area contributed by atoms with Crippen LogP contribution in [0.2, 0.25) is 0 Å². The van der Waals surface area contributed by atoms with Gasteiger partial charge in [-0.05, 0) is 87.2 Å². The second-order valence-corrected chi connectivity index (χ2v) is 17.9. The zero-order valence-corrected chi connectivity index (χ0v) is 35.0. The highest BCUT2D eigenvalue weighted by Gasteiger charge is 2.80. The van der Waals surface area contributed by atoms with Crippen LogP contribution in [-0.4, -0.2) is 123 Å². The molecule has 0 amide bonds. The van der Waals surface area contributed by atoms with E-state index in [1.54, 1.807) is 7.11 Å². The molecular weight excluding hydrogens is 737 g/mol. The number of ether oxygens (including phenoxy) is 4. The van der Waals surface area contributed by atoms with Crippen LogP contribution in [0.3, 0.4) is 0 Å². The van der Waals surface area contributed by atoms with E-state index in [4.69, 9.17) is 18.9 Å². The van der Waals surface area contributed by atoms with E-state index >= 15 is 4.79 Å². The maximum atomic E-state index is 15.3. The lowest BCUT2D eigenvalue weighted by Gasteiger charge is -2.64. The Labute approximate surface area is 340 Å². The van der Waals surface area contributed by atoms with Crippen molar-refractivity contribution < 1.29 is 38.4 Å². The van der Waals surface area contributed by atoms with Crippen molar-refractivity contribution in [1.82, 2.24) is 14.8 Å². The number of benzene rings is 2. The van der Waals surface area contributed by atoms with Crippen molar-refractivity contribution in [3.8, 4) is 5.75 Å². The normalized spacial score (nSPS) is 35.0. The summed E-state index contributed by atoms with van der Waals surface area (Å²) in [5.74, 6) is -1.21. The van der Waals surface area contributed by atoms with Crippen LogP contribution < -0.4 is 9.64 Å². The molecule has 2 aromatic carbocycles. The first kappa shape index (κ1) is 39.1. The van der Waals surface area contributed by atoms with Gasteiger partial charge in [0.25, 0.3) is 0 Å². The Hall–Kier alpha value is -4.39. The van der Waals surface area contributed by atoms with Gasteiger partial charge in [0.1, 0.15) is 11.2 Å². The van der Waals surface area contributed by atoms with Gasteiger partial charge in [0.05, 0.1) is 27.4 Å². The van der Waals surface area contributed by atoms with E-state index in [1.165, 1.54) is 26.7 Å². The Balaban J connectivity index is 1.37. The maximum Gasteiger partial charge on any atom is 0.344 e. The first-order chi connectivity index (χ1) is 27.9. The van der Waals surface area contributed by atoms with E-state index in [0.717, 1.165) is 85.4 Å². The predicted molar refractivity (Wildman–Crippen MR) is 219 cm³/mol. The molecule has 2 saturated heterocycles. The number of nitrogens with one attached hydrogen (secondary N) is 1. The third kappa shape index (κ3) is 5.00. The number of H-pyrrole nitrogens is 1. The number of nitrogens with zero attached hydrogens (tertiary/aromatic N) is 3. The molecular formula is C46H58N4O8. The summed E-state index contributed by atoms with van der Waals surface area (Å²) in [6.07, 6.45) is 6.03. The topological polar surface area (TPSA) is 134 Å². The van der Waals surface area contributed by atoms with Gasteiger partial charge in [-0.2, -0.15) is 0 Å². The van der Waals surface area contributed by atoms with Crippen molar-refractivity contribution in [2.75, 3.05) is 66.0 Å². The average molecular weight is 795 g/mol. The molecule has 5 aliphatic heterocycles. The number of carbonyl (C=O) groups is 3. The van der Waals surface area contributed by atoms with Crippen LogP contribution in [0, 0.1) is 11.3 Å². The summed E-state index contributed by atoms with van der Waals surface area (Å²) in [6, 6.07) is 11.4. The number of methoxy groups -OCH3 is 3. The number of hydrogen-bond donors (Lipinski definition) is 2. The van der Waals surface area contributed by atoms with Gasteiger partial charge in [-0.1, -0.05) is 43.7 Å². The number of likely N-dealkylation sites (N-methyl/N-ethyl adjacent to an activating group) is 1. The number of carbonyl (C=O) groups excluding carboxylic acids is 3. The molecule has 12 nitrogen and oxygen atoms in total. The van der Waals surface area contributed by atoms with Crippen molar-refractivity contribution in [2.24, 2.45) is 11.3 Å². The van der Waals surface area contributed by atoms with Crippen molar-refractivity contribution in [3.63, 3.8) is 0 Å². The average Bonchev–Trinajstić information content (AvgIpc) is 3.89. The van der Waals surface area contributed by atoms with Gasteiger partial charge in [-0.3, -0.25) is 19.4 Å². The SMILES string of the molecule is CCC1=C[C@@H]2CN(CCc3c([nH]c4ccccc34)[C@@](C(=O)OC)(c3cc4c(cc3OC)N(C)[C@H]3[C@@](O)(C(=O)OC)[C@@H](OC(C)=O)[C@]5(CC)CCN6CCC[C@]43[C@@H]65)C2)C1. The van der Waals surface area contributed by atoms with Crippen LogP contribution in [0.1, 0.15) is 81.7 Å². The molecule has 3 aromatic rings. The number of anilines is 1. The molecule has 12 heteroatoms. The standard InChI is InChI=1S/C46H58N4O8/c1-8-28-21-29-24-45(41(52)56-6,37-31(15-19-49(25-28)26-29)30-13-10-11-14-34(30)47-37)33-22-32-35(23-36(33)55-5)48(4)39-44(32)16-12-18-50-20-17-43(9-2,38(44)50)40(58-27(3)51)46(39,54)42(53)57-7/h10-11,13-14,21-23,29,38-40,47,54H,8-9,12,15-20,24-26H2,1-7H3/t29-,38-,39+,40-,43+,44+,45-,46-/m0/s1. The minimum Gasteiger partial charge on any atom is -0.496 e. The summed E-state index contributed by atoms with van der Waals surface area (Å²) in [5, 5.41) is 14.4. The molecule has 1 aromatic heterocycles. The third-order valence-electron chi connectivity index (χ3n) is 15.5. The maximum absolute atomic E-state index is 15.3. The summed E-state index contributed by atoms with van der Waals surface area (Å²) in [7, 11) is 6.30. The van der Waals surface area contributed by atoms with E-state index in [-0.39, 0.29) is 17.9 Å². The second kappa shape index (κ2) is 13.8. The molecule has 0 radical (unpaired) electrons. The number of esters is 3. The lowest BCUT2D eigenvalue weighted by atomic mass is 9.46. The first-order valence-corrected chi connectivity index (χ1v) is 21.2. The molecule has 6 aliphatic rings. The molecule has 310 valence electrons. The van der Waals surface area contributed by atoms with Crippen LogP contribution in [-0.2, 0) is 45.8 Å². The van der Waals surface area contributed by atoms with Gasteiger partial charge < -0.3 is 33.9 Å². The fourth-order valence-electron chi connectivity index (χ4n) is 13.5. The van der Waals surface area contributed by atoms with Crippen LogP contribution in [0.4, 0.5) is 5.69 Å². The van der Waals surface area contributed by atoms with E-state index < -0.39 is 45.9 Å². The Morgan fingerprint density at radius 1 is 0.966 bits per heavy atom. The van der Waals surface area contributed by atoms with Crippen LogP contribution in [0.25, 0.3) is 10.9 Å². The van der Waals surface area contributed by atoms with Gasteiger partial charge in [0.2, 0.25) is 5.60 Å². The molecule has 9 rings (SSSR count). The highest BCUT2D eigenvalue weighted by molar-refractivity contribution is 5.95. The lowest BCUT2D eigenvalue weighted by Crippen LogP contribution is -2.82. The summed E-state index contributed by atoms with van der Waals surface area (Å²) in [5.41, 5.74) is 1.52. The minimum atomic E-state index is -2.23. The number of rotatable bonds is 7. The Bertz CT molecular complexity index is 2220. The molecule has 58 heavy (non-hydrogen) atoms. The zero-order chi connectivity index (χ0) is 40.9. The summed E-state index contributed by atoms with van der Waals surface area (Å²) < 4.78 is 24.1. The van der Waals surface area contributed by atoms with Gasteiger partial charge in [0.15, 0.2) is 6.10 Å². The third-order valence-corrected chi connectivity index (χ3v) is 15.5. The van der Waals surface area contributed by atoms with Crippen LogP contribution in [0.5, 0.6) is 5.75 Å². The molecule has 1 spiro atoms. The van der Waals surface area contributed by atoms with Gasteiger partial charge in [-0.25, -0.2) is 4.79 Å². The Morgan fingerprint density at radius 2 is 1.74 bits per heavy atom. The minimum absolute atomic E-state index is 0.0306. The molecule has 9 atom stereocenters. The molecule has 1 saturated carbocycles. The molecule has 1 unspecified atom stereocenters. The van der Waals surface area contributed by atoms with Crippen molar-refractivity contribution in [1.29, 1.82) is 0 Å². The fourth-order valence-corrected chi connectivity index (χ4v) is 13.5. The smallest absolute Gasteiger partial charge is 0.344 e. The van der Waals surface area contributed by atoms with Crippen LogP contribution >= 0.6 is 0 Å². The number of hydrogen-bond acceptors (Lipinski definition) is 11. The zero-order valence-electron chi connectivity index (χ0n) is 35.0. The molecule has 2 N–H and O–H groups in total. The number of fused-ring (bicyclic) bond motifs is 6. The molecule has 1 aliphatic carbocycles. The monoisotopic (exact) mass is 794 g/mol. The summed E-state index contributed by atoms with van der Waals surface area (Å²) in [4.78, 5) is 53.5. The predicted octanol–water partition coefficient (Wildman–Crippen LogP) is 5.02. The lowest BCUT2D eigenvalue weighted by molar-refractivity contribution is -0.237. The molecule has 3 fully saturated rings. The van der Waals surface area contributed by atoms with Crippen molar-refractivity contribution in [2.45, 2.75) is 100 Å². The van der Waals surface area contributed by atoms with Crippen LogP contribution in [0.15, 0.2) is 48.0 Å². The highest BCUT2D eigenvalue weighted by Crippen LogP contribution is 2.69. The van der Waals surface area contributed by atoms with Gasteiger partial charge >= 0.3 is 17.9 Å². The van der Waals surface area contributed by atoms with Gasteiger partial charge in [0, 0.05) is 84.4 Å². The van der Waals surface area contributed by atoms with E-state index in [2.05, 4.69) is 59.0 Å². The fraction of sp³-hybridized carbons (Fsp3) is 0.587. The highest BCUT2D eigenvalue weighted by atomic mass is 16.6. The molecule has 2 bridgehead atoms. The number of piperidine rings is 1. The number of aliphatic hydroxyl groups is 1. The molecule has 6 heterocycles. The van der Waals surface area contributed by atoms with Crippen molar-refractivity contribution >= 4 is 34.5 Å². The second-order valence-electron chi connectivity index (χ2n) is 17.9. The van der Waals surface area contributed by atoms with Gasteiger partial charge in [-0.15, -0.1) is 0 Å². The largest absolute Gasteiger partial charge is 0.496 e. The summed E-state index contributed by atoms with van der Waals surface area (Å²) >= 11 is 0. The number of aromatic amines is 1. The first-order valence-electron chi connectivity index (χ1n) is 21.2. The summed E-state index contributed by atoms with van der Waals surface area (Å²) in [6.45, 7) is 9.76. The van der Waals surface area contributed by atoms with Crippen molar-refractivity contribution in [3.05, 3.63) is 70.4 Å². The number of aromatic nitrogens is 1. The Morgan fingerprint density at radius 3 is 2.45 bits per heavy atom. The quantitative estimate of drug-likeness (QED) is 0.190.